The van der Waals surface area contributed by atoms with E-state index in [1.54, 1.807) is 0 Å². The second kappa shape index (κ2) is 3.35. The van der Waals surface area contributed by atoms with Crippen LogP contribution in [-0.4, -0.2) is 15.3 Å². The smallest absolute Gasteiger partial charge is 0.0738 e. The predicted octanol–water partition coefficient (Wildman–Crippen LogP) is 1.91. The van der Waals surface area contributed by atoms with Crippen LogP contribution in [0.15, 0.2) is 4.47 Å². The van der Waals surface area contributed by atoms with Gasteiger partial charge in [0.1, 0.15) is 0 Å². The summed E-state index contributed by atoms with van der Waals surface area (Å²) in [4.78, 5) is 0. The number of aryl methyl sites for hydroxylation is 2. The first-order valence-electron chi connectivity index (χ1n) is 4.99. The molecule has 0 spiro atoms. The largest absolute Gasteiger partial charge is 0.325 e. The second-order valence-corrected chi connectivity index (χ2v) is 5.16. The molecule has 0 bridgehead atoms. The molecule has 0 atom stereocenters. The predicted molar refractivity (Wildman–Crippen MR) is 60.1 cm³/mol. The van der Waals surface area contributed by atoms with E-state index in [4.69, 9.17) is 5.73 Å². The van der Waals surface area contributed by atoms with Crippen LogP contribution in [0.5, 0.6) is 0 Å². The number of hydrogen-bond acceptors (Lipinski definition) is 2. The molecule has 1 heterocycles. The molecule has 1 saturated carbocycles. The molecule has 4 heteroatoms. The van der Waals surface area contributed by atoms with Crippen molar-refractivity contribution in [2.45, 2.75) is 38.1 Å². The van der Waals surface area contributed by atoms with Crippen LogP contribution < -0.4 is 5.73 Å². The summed E-state index contributed by atoms with van der Waals surface area (Å²) in [7, 11) is 1.98. The molecule has 0 radical (unpaired) electrons. The summed E-state index contributed by atoms with van der Waals surface area (Å²) in [5.41, 5.74) is 8.52. The van der Waals surface area contributed by atoms with E-state index in [0.717, 1.165) is 29.4 Å². The monoisotopic (exact) mass is 257 g/mol. The molecule has 0 aliphatic heterocycles. The topological polar surface area (TPSA) is 43.8 Å². The minimum atomic E-state index is 0.0305. The van der Waals surface area contributed by atoms with Crippen LogP contribution in [0.1, 0.15) is 30.7 Å². The van der Waals surface area contributed by atoms with Crippen LogP contribution in [0.2, 0.25) is 0 Å². The lowest BCUT2D eigenvalue weighted by Gasteiger charge is -2.38. The van der Waals surface area contributed by atoms with Gasteiger partial charge in [0.25, 0.3) is 0 Å². The van der Waals surface area contributed by atoms with Gasteiger partial charge in [0.2, 0.25) is 0 Å². The first kappa shape index (κ1) is 10.2. The van der Waals surface area contributed by atoms with Crippen LogP contribution in [0, 0.1) is 6.92 Å². The highest BCUT2D eigenvalue weighted by Crippen LogP contribution is 2.34. The average Bonchev–Trinajstić information content (AvgIpc) is 2.29. The van der Waals surface area contributed by atoms with E-state index >= 15 is 0 Å². The number of nitrogens with zero attached hydrogens (tertiary/aromatic N) is 2. The Morgan fingerprint density at radius 1 is 1.57 bits per heavy atom. The Bertz CT molecular complexity index is 352. The van der Waals surface area contributed by atoms with E-state index in [9.17, 15) is 0 Å². The normalized spacial score (nSPS) is 19.4. The Morgan fingerprint density at radius 2 is 2.21 bits per heavy atom. The van der Waals surface area contributed by atoms with Gasteiger partial charge in [-0.3, -0.25) is 4.68 Å². The van der Waals surface area contributed by atoms with Crippen LogP contribution in [0.4, 0.5) is 0 Å². The Morgan fingerprint density at radius 3 is 2.57 bits per heavy atom. The van der Waals surface area contributed by atoms with E-state index < -0.39 is 0 Å². The summed E-state index contributed by atoms with van der Waals surface area (Å²) in [5.74, 6) is 0. The number of hydrogen-bond donors (Lipinski definition) is 1. The molecule has 1 fully saturated rings. The molecule has 0 saturated heterocycles. The van der Waals surface area contributed by atoms with E-state index in [-0.39, 0.29) is 5.54 Å². The third-order valence-electron chi connectivity index (χ3n) is 3.13. The number of aromatic nitrogens is 2. The molecule has 1 aliphatic rings. The summed E-state index contributed by atoms with van der Waals surface area (Å²) >= 11 is 3.57. The lowest BCUT2D eigenvalue weighted by Crippen LogP contribution is -2.48. The molecule has 2 rings (SSSR count). The zero-order valence-electron chi connectivity index (χ0n) is 8.68. The number of halogens is 1. The van der Waals surface area contributed by atoms with Gasteiger partial charge in [0.15, 0.2) is 0 Å². The quantitative estimate of drug-likeness (QED) is 0.880. The molecular formula is C10H16BrN3. The van der Waals surface area contributed by atoms with Crippen LogP contribution >= 0.6 is 15.9 Å². The minimum absolute atomic E-state index is 0.0305. The van der Waals surface area contributed by atoms with Gasteiger partial charge in [-0.15, -0.1) is 0 Å². The maximum atomic E-state index is 6.22. The lowest BCUT2D eigenvalue weighted by molar-refractivity contribution is 0.243. The van der Waals surface area contributed by atoms with Crippen molar-refractivity contribution in [3.63, 3.8) is 0 Å². The summed E-state index contributed by atoms with van der Waals surface area (Å²) in [5, 5.41) is 4.37. The van der Waals surface area contributed by atoms with Gasteiger partial charge in [-0.25, -0.2) is 0 Å². The van der Waals surface area contributed by atoms with Gasteiger partial charge in [-0.1, -0.05) is 0 Å². The summed E-state index contributed by atoms with van der Waals surface area (Å²) in [6.07, 6.45) is 4.49. The van der Waals surface area contributed by atoms with E-state index in [2.05, 4.69) is 21.0 Å². The highest BCUT2D eigenvalue weighted by atomic mass is 79.9. The molecular weight excluding hydrogens is 242 g/mol. The third-order valence-corrected chi connectivity index (χ3v) is 4.16. The first-order chi connectivity index (χ1) is 6.52. The Hall–Kier alpha value is -0.350. The molecule has 14 heavy (non-hydrogen) atoms. The standard InChI is InChI=1S/C10H16BrN3/c1-7-9(11)8(14(2)13-7)6-10(12)4-3-5-10/h3-6,12H2,1-2H3. The maximum absolute atomic E-state index is 6.22. The van der Waals surface area contributed by atoms with E-state index in [1.807, 2.05) is 18.7 Å². The third kappa shape index (κ3) is 1.61. The van der Waals surface area contributed by atoms with Gasteiger partial charge in [-0.05, 0) is 42.1 Å². The summed E-state index contributed by atoms with van der Waals surface area (Å²) in [6, 6.07) is 0. The fourth-order valence-electron chi connectivity index (χ4n) is 2.01. The van der Waals surface area contributed by atoms with Crippen molar-refractivity contribution >= 4 is 15.9 Å². The first-order valence-corrected chi connectivity index (χ1v) is 5.78. The second-order valence-electron chi connectivity index (χ2n) is 4.36. The van der Waals surface area contributed by atoms with Crippen molar-refractivity contribution in [3.05, 3.63) is 15.9 Å². The molecule has 1 aromatic heterocycles. The van der Waals surface area contributed by atoms with Crippen molar-refractivity contribution in [1.29, 1.82) is 0 Å². The Kier molecular flexibility index (Phi) is 2.43. The average molecular weight is 258 g/mol. The van der Waals surface area contributed by atoms with Crippen LogP contribution in [-0.2, 0) is 13.5 Å². The van der Waals surface area contributed by atoms with Gasteiger partial charge >= 0.3 is 0 Å². The van der Waals surface area contributed by atoms with Crippen molar-refractivity contribution < 1.29 is 0 Å². The van der Waals surface area contributed by atoms with Crippen LogP contribution in [0.3, 0.4) is 0 Å². The summed E-state index contributed by atoms with van der Waals surface area (Å²) < 4.78 is 3.06. The van der Waals surface area contributed by atoms with Crippen molar-refractivity contribution in [3.8, 4) is 0 Å². The number of nitrogens with two attached hydrogens (primary N) is 1. The van der Waals surface area contributed by atoms with Gasteiger partial charge < -0.3 is 5.73 Å². The molecule has 78 valence electrons. The fraction of sp³-hybridized carbons (Fsp3) is 0.700. The SMILES string of the molecule is Cc1nn(C)c(CC2(N)CCC2)c1Br. The molecule has 0 unspecified atom stereocenters. The van der Waals surface area contributed by atoms with Gasteiger partial charge in [-0.2, -0.15) is 5.10 Å². The minimum Gasteiger partial charge on any atom is -0.325 e. The van der Waals surface area contributed by atoms with Crippen molar-refractivity contribution in [2.24, 2.45) is 12.8 Å². The van der Waals surface area contributed by atoms with Crippen LogP contribution in [0.25, 0.3) is 0 Å². The molecule has 0 amide bonds. The molecule has 1 aromatic rings. The van der Waals surface area contributed by atoms with Gasteiger partial charge in [0, 0.05) is 19.0 Å². The number of rotatable bonds is 2. The van der Waals surface area contributed by atoms with E-state index in [0.29, 0.717) is 0 Å². The lowest BCUT2D eigenvalue weighted by atomic mass is 9.74. The zero-order chi connectivity index (χ0) is 10.3. The molecule has 2 N–H and O–H groups in total. The highest BCUT2D eigenvalue weighted by Gasteiger charge is 2.34. The summed E-state index contributed by atoms with van der Waals surface area (Å²) in [6.45, 7) is 2.01. The van der Waals surface area contributed by atoms with Crippen molar-refractivity contribution in [2.75, 3.05) is 0 Å². The fourth-order valence-corrected chi connectivity index (χ4v) is 2.49. The highest BCUT2D eigenvalue weighted by molar-refractivity contribution is 9.10. The molecule has 0 aromatic carbocycles. The Balaban J connectivity index is 2.23. The molecule has 3 nitrogen and oxygen atoms in total. The maximum Gasteiger partial charge on any atom is 0.0738 e. The van der Waals surface area contributed by atoms with E-state index in [1.165, 1.54) is 12.1 Å². The van der Waals surface area contributed by atoms with Crippen molar-refractivity contribution in [1.82, 2.24) is 9.78 Å². The molecule has 1 aliphatic carbocycles. The zero-order valence-corrected chi connectivity index (χ0v) is 10.3. The Labute approximate surface area is 92.8 Å². The van der Waals surface area contributed by atoms with Gasteiger partial charge in [0.05, 0.1) is 15.9 Å².